The summed E-state index contributed by atoms with van der Waals surface area (Å²) >= 11 is 3.53. The maximum atomic E-state index is 5.81. The van der Waals surface area contributed by atoms with Gasteiger partial charge in [-0.2, -0.15) is 0 Å². The number of aliphatic imine (C=N–C) groups is 1. The fraction of sp³-hybridized carbons (Fsp3) is 0.316. The lowest BCUT2D eigenvalue weighted by molar-refractivity contribution is 0.279. The van der Waals surface area contributed by atoms with Crippen LogP contribution >= 0.6 is 15.9 Å². The van der Waals surface area contributed by atoms with Crippen molar-refractivity contribution in [1.29, 1.82) is 0 Å². The Hall–Kier alpha value is -1.61. The van der Waals surface area contributed by atoms with E-state index in [9.17, 15) is 0 Å². The van der Waals surface area contributed by atoms with Gasteiger partial charge in [-0.15, -0.1) is 0 Å². The van der Waals surface area contributed by atoms with Crippen molar-refractivity contribution in [1.82, 2.24) is 0 Å². The largest absolute Gasteiger partial charge is 0.475 e. The van der Waals surface area contributed by atoms with E-state index < -0.39 is 0 Å². The molecule has 0 fully saturated rings. The molecule has 0 radical (unpaired) electrons. The first-order valence-electron chi connectivity index (χ1n) is 7.59. The van der Waals surface area contributed by atoms with Crippen LogP contribution in [0.15, 0.2) is 58.0 Å². The fourth-order valence-corrected chi connectivity index (χ4v) is 3.09. The Labute approximate surface area is 140 Å². The summed E-state index contributed by atoms with van der Waals surface area (Å²) in [7, 11) is 0. The SMILES string of the molecule is CC1(C)COC(c2ccccc2CCc2cccc(Br)c2)=N1. The normalized spacial score (nSPS) is 16.2. The van der Waals surface area contributed by atoms with E-state index >= 15 is 0 Å². The quantitative estimate of drug-likeness (QED) is 0.770. The second-order valence-electron chi connectivity index (χ2n) is 6.31. The lowest BCUT2D eigenvalue weighted by atomic mass is 9.99. The summed E-state index contributed by atoms with van der Waals surface area (Å²) < 4.78 is 6.94. The summed E-state index contributed by atoms with van der Waals surface area (Å²) in [5, 5.41) is 0. The molecule has 0 saturated heterocycles. The molecule has 0 atom stereocenters. The Morgan fingerprint density at radius 1 is 1.09 bits per heavy atom. The zero-order valence-electron chi connectivity index (χ0n) is 13.0. The lowest BCUT2D eigenvalue weighted by Gasteiger charge is -2.09. The van der Waals surface area contributed by atoms with Crippen LogP contribution in [0.2, 0.25) is 0 Å². The molecule has 0 amide bonds. The summed E-state index contributed by atoms with van der Waals surface area (Å²) in [6.07, 6.45) is 1.99. The topological polar surface area (TPSA) is 21.6 Å². The molecule has 1 heterocycles. The third kappa shape index (κ3) is 3.58. The van der Waals surface area contributed by atoms with Gasteiger partial charge in [-0.25, -0.2) is 4.99 Å². The number of halogens is 1. The lowest BCUT2D eigenvalue weighted by Crippen LogP contribution is -2.17. The van der Waals surface area contributed by atoms with Crippen molar-refractivity contribution >= 4 is 21.8 Å². The van der Waals surface area contributed by atoms with Crippen molar-refractivity contribution < 1.29 is 4.74 Å². The first kappa shape index (κ1) is 15.3. The van der Waals surface area contributed by atoms with Crippen molar-refractivity contribution in [3.05, 3.63) is 69.7 Å². The van der Waals surface area contributed by atoms with Crippen LogP contribution < -0.4 is 0 Å². The van der Waals surface area contributed by atoms with Crippen LogP contribution in [-0.2, 0) is 17.6 Å². The van der Waals surface area contributed by atoms with Crippen molar-refractivity contribution in [3.8, 4) is 0 Å². The van der Waals surface area contributed by atoms with Crippen molar-refractivity contribution in [3.63, 3.8) is 0 Å². The standard InChI is InChI=1S/C19H20BrNO/c1-19(2)13-22-18(21-19)17-9-4-3-7-15(17)11-10-14-6-5-8-16(20)12-14/h3-9,12H,10-11,13H2,1-2H3. The van der Waals surface area contributed by atoms with E-state index in [2.05, 4.69) is 78.3 Å². The minimum atomic E-state index is -0.118. The molecular weight excluding hydrogens is 338 g/mol. The Balaban J connectivity index is 1.80. The monoisotopic (exact) mass is 357 g/mol. The number of nitrogens with zero attached hydrogens (tertiary/aromatic N) is 1. The third-order valence-electron chi connectivity index (χ3n) is 3.79. The molecule has 0 aliphatic carbocycles. The Morgan fingerprint density at radius 2 is 1.91 bits per heavy atom. The van der Waals surface area contributed by atoms with Gasteiger partial charge in [0.2, 0.25) is 5.90 Å². The van der Waals surface area contributed by atoms with Crippen molar-refractivity contribution in [2.75, 3.05) is 6.61 Å². The van der Waals surface area contributed by atoms with Crippen LogP contribution in [0.5, 0.6) is 0 Å². The molecular formula is C19H20BrNO. The van der Waals surface area contributed by atoms with Gasteiger partial charge in [0.25, 0.3) is 0 Å². The van der Waals surface area contributed by atoms with E-state index in [1.54, 1.807) is 0 Å². The maximum absolute atomic E-state index is 5.81. The smallest absolute Gasteiger partial charge is 0.217 e. The van der Waals surface area contributed by atoms with Crippen LogP contribution in [0.4, 0.5) is 0 Å². The number of ether oxygens (including phenoxy) is 1. The first-order valence-corrected chi connectivity index (χ1v) is 8.38. The van der Waals surface area contributed by atoms with E-state index in [-0.39, 0.29) is 5.54 Å². The Morgan fingerprint density at radius 3 is 2.64 bits per heavy atom. The molecule has 0 spiro atoms. The molecule has 1 aliphatic heterocycles. The van der Waals surface area contributed by atoms with E-state index in [1.165, 1.54) is 11.1 Å². The maximum Gasteiger partial charge on any atom is 0.217 e. The summed E-state index contributed by atoms with van der Waals surface area (Å²) in [6, 6.07) is 16.9. The zero-order valence-corrected chi connectivity index (χ0v) is 14.6. The van der Waals surface area contributed by atoms with Gasteiger partial charge in [0.05, 0.1) is 5.54 Å². The molecule has 0 aromatic heterocycles. The highest BCUT2D eigenvalue weighted by Crippen LogP contribution is 2.23. The molecule has 3 heteroatoms. The minimum Gasteiger partial charge on any atom is -0.475 e. The number of aryl methyl sites for hydroxylation is 2. The van der Waals surface area contributed by atoms with Gasteiger partial charge in [-0.3, -0.25) is 0 Å². The predicted octanol–water partition coefficient (Wildman–Crippen LogP) is 4.79. The fourth-order valence-electron chi connectivity index (χ4n) is 2.64. The van der Waals surface area contributed by atoms with Gasteiger partial charge in [0.1, 0.15) is 6.61 Å². The molecule has 3 rings (SSSR count). The van der Waals surface area contributed by atoms with Gasteiger partial charge in [0, 0.05) is 10.0 Å². The van der Waals surface area contributed by atoms with E-state index in [4.69, 9.17) is 9.73 Å². The van der Waals surface area contributed by atoms with Gasteiger partial charge in [-0.1, -0.05) is 46.3 Å². The van der Waals surface area contributed by atoms with E-state index in [0.717, 1.165) is 28.8 Å². The molecule has 2 aromatic rings. The minimum absolute atomic E-state index is 0.118. The van der Waals surface area contributed by atoms with Gasteiger partial charge < -0.3 is 4.74 Å². The van der Waals surface area contributed by atoms with Crippen LogP contribution in [-0.4, -0.2) is 18.0 Å². The average molecular weight is 358 g/mol. The van der Waals surface area contributed by atoms with Crippen LogP contribution in [0, 0.1) is 0 Å². The highest BCUT2D eigenvalue weighted by atomic mass is 79.9. The number of rotatable bonds is 4. The number of benzene rings is 2. The van der Waals surface area contributed by atoms with E-state index in [1.807, 2.05) is 0 Å². The predicted molar refractivity (Wildman–Crippen MR) is 94.6 cm³/mol. The molecule has 2 aromatic carbocycles. The summed E-state index contributed by atoms with van der Waals surface area (Å²) in [5.74, 6) is 0.787. The van der Waals surface area contributed by atoms with Gasteiger partial charge >= 0.3 is 0 Å². The van der Waals surface area contributed by atoms with E-state index in [0.29, 0.717) is 6.61 Å². The number of hydrogen-bond donors (Lipinski definition) is 0. The number of hydrogen-bond acceptors (Lipinski definition) is 2. The summed E-state index contributed by atoms with van der Waals surface area (Å²) in [4.78, 5) is 4.71. The zero-order chi connectivity index (χ0) is 15.6. The molecule has 0 unspecified atom stereocenters. The van der Waals surface area contributed by atoms with Crippen LogP contribution in [0.1, 0.15) is 30.5 Å². The average Bonchev–Trinajstić information content (AvgIpc) is 2.86. The molecule has 114 valence electrons. The van der Waals surface area contributed by atoms with Crippen LogP contribution in [0.25, 0.3) is 0 Å². The molecule has 0 saturated carbocycles. The van der Waals surface area contributed by atoms with Crippen molar-refractivity contribution in [2.45, 2.75) is 32.2 Å². The van der Waals surface area contributed by atoms with Gasteiger partial charge in [-0.05, 0) is 56.0 Å². The van der Waals surface area contributed by atoms with Crippen LogP contribution in [0.3, 0.4) is 0 Å². The van der Waals surface area contributed by atoms with Gasteiger partial charge in [0.15, 0.2) is 0 Å². The third-order valence-corrected chi connectivity index (χ3v) is 4.28. The Kier molecular flexibility index (Phi) is 4.34. The second kappa shape index (κ2) is 6.25. The van der Waals surface area contributed by atoms with Crippen molar-refractivity contribution in [2.24, 2.45) is 4.99 Å². The summed E-state index contributed by atoms with van der Waals surface area (Å²) in [5.41, 5.74) is 3.63. The molecule has 1 aliphatic rings. The first-order chi connectivity index (χ1) is 10.5. The second-order valence-corrected chi connectivity index (χ2v) is 7.22. The molecule has 22 heavy (non-hydrogen) atoms. The molecule has 2 nitrogen and oxygen atoms in total. The molecule has 0 bridgehead atoms. The highest BCUT2D eigenvalue weighted by molar-refractivity contribution is 9.10. The highest BCUT2D eigenvalue weighted by Gasteiger charge is 2.27. The Bertz CT molecular complexity index is 706. The molecule has 0 N–H and O–H groups in total. The summed E-state index contributed by atoms with van der Waals surface area (Å²) in [6.45, 7) is 4.86.